The molecular weight excluding hydrogens is 397 g/mol. The van der Waals surface area contributed by atoms with Gasteiger partial charge in [-0.25, -0.2) is 0 Å². The van der Waals surface area contributed by atoms with Crippen LogP contribution in [0.3, 0.4) is 0 Å². The van der Waals surface area contributed by atoms with Gasteiger partial charge in [-0.3, -0.25) is 14.5 Å². The highest BCUT2D eigenvalue weighted by Crippen LogP contribution is 2.43. The summed E-state index contributed by atoms with van der Waals surface area (Å²) in [6, 6.07) is 10.4. The SMILES string of the molecule is CCC1Oc2cc(C(F)(F)F)ccc2N(c2cccc(N3CC(C(C)=O)C3)c2)C1=O. The summed E-state index contributed by atoms with van der Waals surface area (Å²) in [5.41, 5.74) is 0.854. The van der Waals surface area contributed by atoms with Gasteiger partial charge in [-0.2, -0.15) is 13.2 Å². The minimum absolute atomic E-state index is 0.00432. The molecule has 158 valence electrons. The number of ether oxygens (including phenoxy) is 1. The molecule has 1 atom stereocenters. The molecule has 2 aliphatic heterocycles. The number of hydrogen-bond donors (Lipinski definition) is 0. The van der Waals surface area contributed by atoms with Crippen LogP contribution < -0.4 is 14.5 Å². The molecule has 1 fully saturated rings. The topological polar surface area (TPSA) is 49.9 Å². The fourth-order valence-corrected chi connectivity index (χ4v) is 3.74. The summed E-state index contributed by atoms with van der Waals surface area (Å²) in [4.78, 5) is 28.0. The van der Waals surface area contributed by atoms with Crippen LogP contribution in [0.4, 0.5) is 30.2 Å². The summed E-state index contributed by atoms with van der Waals surface area (Å²) >= 11 is 0. The lowest BCUT2D eigenvalue weighted by Gasteiger charge is -2.40. The van der Waals surface area contributed by atoms with Crippen molar-refractivity contribution in [3.8, 4) is 5.75 Å². The van der Waals surface area contributed by atoms with E-state index in [0.29, 0.717) is 25.2 Å². The van der Waals surface area contributed by atoms with Crippen molar-refractivity contribution in [2.24, 2.45) is 5.92 Å². The Balaban J connectivity index is 1.71. The summed E-state index contributed by atoms with van der Waals surface area (Å²) < 4.78 is 45.0. The second kappa shape index (κ2) is 7.34. The normalized spacial score (nSPS) is 19.2. The van der Waals surface area contributed by atoms with Crippen molar-refractivity contribution in [3.63, 3.8) is 0 Å². The van der Waals surface area contributed by atoms with Gasteiger partial charge in [-0.15, -0.1) is 0 Å². The van der Waals surface area contributed by atoms with E-state index in [1.54, 1.807) is 26.0 Å². The molecule has 0 spiro atoms. The number of anilines is 3. The molecule has 1 amide bonds. The third-order valence-electron chi connectivity index (χ3n) is 5.57. The maximum atomic E-state index is 13.1. The third-order valence-corrected chi connectivity index (χ3v) is 5.57. The Bertz CT molecular complexity index is 999. The first kappa shape index (κ1) is 20.3. The van der Waals surface area contributed by atoms with Crippen molar-refractivity contribution >= 4 is 28.8 Å². The second-order valence-corrected chi connectivity index (χ2v) is 7.60. The van der Waals surface area contributed by atoms with Crippen molar-refractivity contribution < 1.29 is 27.5 Å². The predicted molar refractivity (Wildman–Crippen MR) is 106 cm³/mol. The lowest BCUT2D eigenvalue weighted by molar-refractivity contribution is -0.137. The van der Waals surface area contributed by atoms with Gasteiger partial charge < -0.3 is 9.64 Å². The first-order valence-corrected chi connectivity index (χ1v) is 9.76. The average Bonchev–Trinajstić information content (AvgIpc) is 2.65. The second-order valence-electron chi connectivity index (χ2n) is 7.60. The number of carbonyl (C=O) groups excluding carboxylic acids is 2. The molecule has 2 aliphatic rings. The molecule has 0 aliphatic carbocycles. The summed E-state index contributed by atoms with van der Waals surface area (Å²) in [5.74, 6) is -0.148. The van der Waals surface area contributed by atoms with E-state index >= 15 is 0 Å². The fraction of sp³-hybridized carbons (Fsp3) is 0.364. The number of nitrogens with zero attached hydrogens (tertiary/aromatic N) is 2. The van der Waals surface area contributed by atoms with Gasteiger partial charge >= 0.3 is 6.18 Å². The van der Waals surface area contributed by atoms with E-state index in [-0.39, 0.29) is 29.0 Å². The summed E-state index contributed by atoms with van der Waals surface area (Å²) in [5, 5.41) is 0. The Hall–Kier alpha value is -3.03. The lowest BCUT2D eigenvalue weighted by Crippen LogP contribution is -2.50. The van der Waals surface area contributed by atoms with Gasteiger partial charge in [0.2, 0.25) is 0 Å². The Morgan fingerprint density at radius 3 is 2.47 bits per heavy atom. The number of rotatable bonds is 4. The number of carbonyl (C=O) groups is 2. The van der Waals surface area contributed by atoms with Crippen molar-refractivity contribution in [1.82, 2.24) is 0 Å². The number of benzene rings is 2. The molecule has 2 aromatic rings. The van der Waals surface area contributed by atoms with E-state index in [1.165, 1.54) is 11.0 Å². The van der Waals surface area contributed by atoms with Crippen LogP contribution in [0.1, 0.15) is 25.8 Å². The Labute approximate surface area is 172 Å². The molecular formula is C22H21F3N2O3. The molecule has 1 saturated heterocycles. The zero-order valence-corrected chi connectivity index (χ0v) is 16.6. The van der Waals surface area contributed by atoms with E-state index in [0.717, 1.165) is 17.8 Å². The van der Waals surface area contributed by atoms with Crippen molar-refractivity contribution in [3.05, 3.63) is 48.0 Å². The molecule has 1 unspecified atom stereocenters. The molecule has 0 aromatic heterocycles. The molecule has 5 nitrogen and oxygen atoms in total. The summed E-state index contributed by atoms with van der Waals surface area (Å²) in [6.07, 6.45) is -5.04. The molecule has 4 rings (SSSR count). The van der Waals surface area contributed by atoms with Gasteiger partial charge in [0, 0.05) is 18.8 Å². The zero-order chi connectivity index (χ0) is 21.6. The number of amides is 1. The summed E-state index contributed by atoms with van der Waals surface area (Å²) in [7, 11) is 0. The van der Waals surface area contributed by atoms with Gasteiger partial charge in [-0.1, -0.05) is 13.0 Å². The number of alkyl halides is 3. The minimum atomic E-state index is -4.50. The predicted octanol–water partition coefficient (Wildman–Crippen LogP) is 4.57. The number of ketones is 1. The standard InChI is InChI=1S/C22H21F3N2O3/c1-3-19-21(29)27(18-8-7-15(22(23,24)25)9-20(18)30-19)17-6-4-5-16(10-17)26-11-14(12-26)13(2)28/h4-10,14,19H,3,11-12H2,1-2H3. The quantitative estimate of drug-likeness (QED) is 0.730. The molecule has 0 radical (unpaired) electrons. The van der Waals surface area contributed by atoms with Crippen molar-refractivity contribution in [2.75, 3.05) is 22.9 Å². The molecule has 2 aromatic carbocycles. The van der Waals surface area contributed by atoms with Crippen LogP contribution in [0.15, 0.2) is 42.5 Å². The van der Waals surface area contributed by atoms with Crippen molar-refractivity contribution in [2.45, 2.75) is 32.5 Å². The summed E-state index contributed by atoms with van der Waals surface area (Å²) in [6.45, 7) is 4.54. The van der Waals surface area contributed by atoms with Gasteiger partial charge in [0.15, 0.2) is 6.10 Å². The fourth-order valence-electron chi connectivity index (χ4n) is 3.74. The Kier molecular flexibility index (Phi) is 4.95. The maximum absolute atomic E-state index is 13.1. The molecule has 2 heterocycles. The van der Waals surface area contributed by atoms with Crippen molar-refractivity contribution in [1.29, 1.82) is 0 Å². The van der Waals surface area contributed by atoms with Gasteiger partial charge in [0.25, 0.3) is 5.91 Å². The molecule has 0 N–H and O–H groups in total. The Morgan fingerprint density at radius 2 is 1.83 bits per heavy atom. The van der Waals surface area contributed by atoms with Crippen LogP contribution in [0, 0.1) is 5.92 Å². The van der Waals surface area contributed by atoms with E-state index < -0.39 is 17.8 Å². The zero-order valence-electron chi connectivity index (χ0n) is 16.6. The third kappa shape index (κ3) is 3.51. The first-order valence-electron chi connectivity index (χ1n) is 9.76. The van der Waals surface area contributed by atoms with Crippen LogP contribution >= 0.6 is 0 Å². The largest absolute Gasteiger partial charge is 0.478 e. The first-order chi connectivity index (χ1) is 14.2. The van der Waals surface area contributed by atoms with Crippen LogP contribution in [0.5, 0.6) is 5.75 Å². The number of Topliss-reactive ketones (excluding diaryl/α,β-unsaturated/α-hetero) is 1. The molecule has 8 heteroatoms. The minimum Gasteiger partial charge on any atom is -0.478 e. The van der Waals surface area contributed by atoms with E-state index in [4.69, 9.17) is 4.74 Å². The van der Waals surface area contributed by atoms with Gasteiger partial charge in [0.05, 0.1) is 22.9 Å². The van der Waals surface area contributed by atoms with Crippen LogP contribution in [0.25, 0.3) is 0 Å². The molecule has 0 bridgehead atoms. The number of hydrogen-bond acceptors (Lipinski definition) is 4. The van der Waals surface area contributed by atoms with Gasteiger partial charge in [0.1, 0.15) is 11.5 Å². The monoisotopic (exact) mass is 418 g/mol. The van der Waals surface area contributed by atoms with E-state index in [2.05, 4.69) is 0 Å². The number of fused-ring (bicyclic) bond motifs is 1. The maximum Gasteiger partial charge on any atom is 0.416 e. The smallest absolute Gasteiger partial charge is 0.416 e. The van der Waals surface area contributed by atoms with Crippen LogP contribution in [0.2, 0.25) is 0 Å². The van der Waals surface area contributed by atoms with Crippen LogP contribution in [-0.2, 0) is 15.8 Å². The Morgan fingerprint density at radius 1 is 1.13 bits per heavy atom. The highest BCUT2D eigenvalue weighted by atomic mass is 19.4. The molecule has 0 saturated carbocycles. The van der Waals surface area contributed by atoms with Gasteiger partial charge in [-0.05, 0) is 49.7 Å². The van der Waals surface area contributed by atoms with Crippen LogP contribution in [-0.4, -0.2) is 30.9 Å². The number of halogens is 3. The lowest BCUT2D eigenvalue weighted by atomic mass is 9.95. The van der Waals surface area contributed by atoms with E-state index in [1.807, 2.05) is 17.0 Å². The van der Waals surface area contributed by atoms with E-state index in [9.17, 15) is 22.8 Å². The average molecular weight is 418 g/mol. The highest BCUT2D eigenvalue weighted by Gasteiger charge is 2.38. The highest BCUT2D eigenvalue weighted by molar-refractivity contribution is 6.06. The molecule has 30 heavy (non-hydrogen) atoms.